The van der Waals surface area contributed by atoms with Crippen molar-refractivity contribution in [1.29, 1.82) is 0 Å². The third-order valence-electron chi connectivity index (χ3n) is 2.64. The molecular weight excluding hydrogens is 218 g/mol. The molecule has 1 atom stereocenters. The van der Waals surface area contributed by atoms with Crippen LogP contribution in [-0.2, 0) is 16.0 Å². The number of carboxylic acid groups (broad SMARTS) is 1. The number of amides is 1. The molecule has 0 saturated carbocycles. The Kier molecular flexibility index (Phi) is 4.69. The normalized spacial score (nSPS) is 11.9. The molecule has 0 aliphatic carbocycles. The summed E-state index contributed by atoms with van der Waals surface area (Å²) in [6, 6.07) is 7.65. The second-order valence-electron chi connectivity index (χ2n) is 4.15. The number of nitrogens with one attached hydrogen (secondary N) is 1. The zero-order valence-corrected chi connectivity index (χ0v) is 10.1. The van der Waals surface area contributed by atoms with Crippen molar-refractivity contribution in [3.05, 3.63) is 35.4 Å². The van der Waals surface area contributed by atoms with E-state index in [0.717, 1.165) is 11.1 Å². The molecule has 0 bridgehead atoms. The van der Waals surface area contributed by atoms with E-state index in [1.165, 1.54) is 0 Å². The minimum atomic E-state index is -0.902. The number of carbonyl (C=O) groups excluding carboxylic acids is 1. The number of hydrogen-bond donors (Lipinski definition) is 2. The molecule has 92 valence electrons. The van der Waals surface area contributed by atoms with Crippen molar-refractivity contribution in [3.8, 4) is 0 Å². The van der Waals surface area contributed by atoms with Crippen LogP contribution in [0.3, 0.4) is 0 Å². The summed E-state index contributed by atoms with van der Waals surface area (Å²) in [5.41, 5.74) is 2.03. The summed E-state index contributed by atoms with van der Waals surface area (Å²) < 4.78 is 0. The molecule has 2 N–H and O–H groups in total. The maximum Gasteiger partial charge on any atom is 0.308 e. The van der Waals surface area contributed by atoms with Crippen LogP contribution in [-0.4, -0.2) is 23.5 Å². The highest BCUT2D eigenvalue weighted by atomic mass is 16.4. The van der Waals surface area contributed by atoms with Gasteiger partial charge >= 0.3 is 5.97 Å². The van der Waals surface area contributed by atoms with Crippen LogP contribution in [0.25, 0.3) is 0 Å². The first kappa shape index (κ1) is 13.2. The van der Waals surface area contributed by atoms with Gasteiger partial charge in [-0.25, -0.2) is 0 Å². The minimum absolute atomic E-state index is 0.146. The third-order valence-corrected chi connectivity index (χ3v) is 2.64. The average molecular weight is 235 g/mol. The van der Waals surface area contributed by atoms with Gasteiger partial charge in [-0.2, -0.15) is 0 Å². The molecule has 17 heavy (non-hydrogen) atoms. The number of aryl methyl sites for hydroxylation is 1. The first-order valence-corrected chi connectivity index (χ1v) is 5.54. The lowest BCUT2D eigenvalue weighted by molar-refractivity contribution is -0.141. The van der Waals surface area contributed by atoms with Crippen LogP contribution in [0.2, 0.25) is 0 Å². The van der Waals surface area contributed by atoms with E-state index in [0.29, 0.717) is 6.42 Å². The Morgan fingerprint density at radius 1 is 1.35 bits per heavy atom. The molecule has 0 unspecified atom stereocenters. The van der Waals surface area contributed by atoms with E-state index in [2.05, 4.69) is 5.32 Å². The van der Waals surface area contributed by atoms with E-state index in [9.17, 15) is 9.59 Å². The van der Waals surface area contributed by atoms with Crippen molar-refractivity contribution in [2.45, 2.75) is 20.3 Å². The fraction of sp³-hybridized carbons (Fsp3) is 0.385. The van der Waals surface area contributed by atoms with Gasteiger partial charge in [0.15, 0.2) is 0 Å². The maximum absolute atomic E-state index is 11.6. The number of benzene rings is 1. The van der Waals surface area contributed by atoms with Gasteiger partial charge in [-0.15, -0.1) is 0 Å². The Hall–Kier alpha value is -1.84. The van der Waals surface area contributed by atoms with Gasteiger partial charge in [0.25, 0.3) is 0 Å². The molecule has 0 aliphatic heterocycles. The molecule has 0 heterocycles. The Labute approximate surface area is 101 Å². The van der Waals surface area contributed by atoms with E-state index in [-0.39, 0.29) is 12.5 Å². The fourth-order valence-electron chi connectivity index (χ4n) is 1.40. The van der Waals surface area contributed by atoms with Crippen molar-refractivity contribution in [1.82, 2.24) is 5.32 Å². The summed E-state index contributed by atoms with van der Waals surface area (Å²) in [6.07, 6.45) is 0.291. The average Bonchev–Trinajstić information content (AvgIpc) is 2.29. The predicted octanol–water partition coefficient (Wildman–Crippen LogP) is 1.37. The van der Waals surface area contributed by atoms with Crippen LogP contribution in [0.5, 0.6) is 0 Å². The number of aliphatic carboxylic acids is 1. The lowest BCUT2D eigenvalue weighted by Crippen LogP contribution is -2.32. The largest absolute Gasteiger partial charge is 0.481 e. The highest BCUT2D eigenvalue weighted by Crippen LogP contribution is 2.07. The van der Waals surface area contributed by atoms with Crippen molar-refractivity contribution in [2.24, 2.45) is 5.92 Å². The summed E-state index contributed by atoms with van der Waals surface area (Å²) in [6.45, 7) is 3.68. The molecule has 1 aromatic rings. The van der Waals surface area contributed by atoms with Crippen LogP contribution in [0.15, 0.2) is 24.3 Å². The van der Waals surface area contributed by atoms with E-state index >= 15 is 0 Å². The minimum Gasteiger partial charge on any atom is -0.481 e. The molecule has 0 aromatic heterocycles. The Bertz CT molecular complexity index is 415. The highest BCUT2D eigenvalue weighted by Gasteiger charge is 2.12. The van der Waals surface area contributed by atoms with Crippen LogP contribution >= 0.6 is 0 Å². The molecule has 4 nitrogen and oxygen atoms in total. The SMILES string of the molecule is Cc1ccccc1CC(=O)NC[C@@H](C)C(=O)O. The first-order chi connectivity index (χ1) is 8.00. The molecule has 1 amide bonds. The van der Waals surface area contributed by atoms with Crippen LogP contribution in [0.1, 0.15) is 18.1 Å². The number of rotatable bonds is 5. The monoisotopic (exact) mass is 235 g/mol. The van der Waals surface area contributed by atoms with E-state index < -0.39 is 11.9 Å². The van der Waals surface area contributed by atoms with Gasteiger partial charge in [-0.05, 0) is 18.1 Å². The van der Waals surface area contributed by atoms with Crippen molar-refractivity contribution >= 4 is 11.9 Å². The van der Waals surface area contributed by atoms with Crippen molar-refractivity contribution in [2.75, 3.05) is 6.54 Å². The molecule has 0 aliphatic rings. The van der Waals surface area contributed by atoms with Crippen molar-refractivity contribution in [3.63, 3.8) is 0 Å². The molecule has 0 spiro atoms. The first-order valence-electron chi connectivity index (χ1n) is 5.54. The summed E-state index contributed by atoms with van der Waals surface area (Å²) >= 11 is 0. The van der Waals surface area contributed by atoms with Gasteiger partial charge in [0.05, 0.1) is 12.3 Å². The van der Waals surface area contributed by atoms with Crippen LogP contribution in [0, 0.1) is 12.8 Å². The Balaban J connectivity index is 2.46. The number of carboxylic acids is 1. The molecular formula is C13H17NO3. The Morgan fingerprint density at radius 2 is 2.00 bits per heavy atom. The van der Waals surface area contributed by atoms with E-state index in [4.69, 9.17) is 5.11 Å². The van der Waals surface area contributed by atoms with Gasteiger partial charge in [-0.3, -0.25) is 9.59 Å². The molecule has 1 rings (SSSR count). The van der Waals surface area contributed by atoms with E-state index in [1.807, 2.05) is 31.2 Å². The van der Waals surface area contributed by atoms with Gasteiger partial charge in [0.1, 0.15) is 0 Å². The third kappa shape index (κ3) is 4.26. The summed E-state index contributed by atoms with van der Waals surface area (Å²) in [7, 11) is 0. The van der Waals surface area contributed by atoms with Crippen molar-refractivity contribution < 1.29 is 14.7 Å². The molecule has 4 heteroatoms. The lowest BCUT2D eigenvalue weighted by Gasteiger charge is -2.09. The quantitative estimate of drug-likeness (QED) is 0.810. The summed E-state index contributed by atoms with van der Waals surface area (Å²) in [4.78, 5) is 22.2. The zero-order chi connectivity index (χ0) is 12.8. The van der Waals surface area contributed by atoms with Gasteiger partial charge in [0, 0.05) is 6.54 Å². The lowest BCUT2D eigenvalue weighted by atomic mass is 10.1. The molecule has 0 fully saturated rings. The predicted molar refractivity (Wildman–Crippen MR) is 64.7 cm³/mol. The molecule has 0 radical (unpaired) electrons. The second-order valence-corrected chi connectivity index (χ2v) is 4.15. The number of carbonyl (C=O) groups is 2. The number of hydrogen-bond acceptors (Lipinski definition) is 2. The van der Waals surface area contributed by atoms with Gasteiger partial charge < -0.3 is 10.4 Å². The van der Waals surface area contributed by atoms with E-state index in [1.54, 1.807) is 6.92 Å². The highest BCUT2D eigenvalue weighted by molar-refractivity contribution is 5.79. The smallest absolute Gasteiger partial charge is 0.308 e. The van der Waals surface area contributed by atoms with Crippen LogP contribution < -0.4 is 5.32 Å². The van der Waals surface area contributed by atoms with Gasteiger partial charge in [-0.1, -0.05) is 31.2 Å². The molecule has 1 aromatic carbocycles. The standard InChI is InChI=1S/C13H17NO3/c1-9-5-3-4-6-11(9)7-12(15)14-8-10(2)13(16)17/h3-6,10H,7-8H2,1-2H3,(H,14,15)(H,16,17)/t10-/m1/s1. The summed E-state index contributed by atoms with van der Waals surface area (Å²) in [5.74, 6) is -1.61. The fourth-order valence-corrected chi connectivity index (χ4v) is 1.40. The summed E-state index contributed by atoms with van der Waals surface area (Å²) in [5, 5.41) is 11.3. The molecule has 0 saturated heterocycles. The maximum atomic E-state index is 11.6. The van der Waals surface area contributed by atoms with Gasteiger partial charge in [0.2, 0.25) is 5.91 Å². The second kappa shape index (κ2) is 6.03. The van der Waals surface area contributed by atoms with Crippen LogP contribution in [0.4, 0.5) is 0 Å². The topological polar surface area (TPSA) is 66.4 Å². The zero-order valence-electron chi connectivity index (χ0n) is 10.1. The Morgan fingerprint density at radius 3 is 2.59 bits per heavy atom.